The molecule has 0 rings (SSSR count). The van der Waals surface area contributed by atoms with Gasteiger partial charge in [-0.15, -0.1) is 0 Å². The topological polar surface area (TPSA) is 24.5 Å². The number of nitrogens with one attached hydrogen (secondary N) is 1. The maximum absolute atomic E-state index is 5.50. The van der Waals surface area contributed by atoms with Crippen LogP contribution in [0.15, 0.2) is 0 Å². The van der Waals surface area contributed by atoms with Crippen LogP contribution in [0, 0.1) is 0 Å². The van der Waals surface area contributed by atoms with Crippen molar-refractivity contribution in [2.24, 2.45) is 0 Å². The van der Waals surface area contributed by atoms with Gasteiger partial charge in [0.2, 0.25) is 0 Å². The smallest absolute Gasteiger partial charge is 0.0590 e. The first-order valence-electron chi connectivity index (χ1n) is 7.24. The van der Waals surface area contributed by atoms with Crippen molar-refractivity contribution < 1.29 is 4.74 Å². The summed E-state index contributed by atoms with van der Waals surface area (Å²) in [4.78, 5) is 2.52. The van der Waals surface area contributed by atoms with Crippen LogP contribution >= 0.6 is 0 Å². The molecule has 0 bridgehead atoms. The Morgan fingerprint density at radius 1 is 1.00 bits per heavy atom. The number of hydrogen-bond acceptors (Lipinski definition) is 3. The van der Waals surface area contributed by atoms with Crippen molar-refractivity contribution in [2.75, 3.05) is 39.4 Å². The Morgan fingerprint density at radius 3 is 2.35 bits per heavy atom. The van der Waals surface area contributed by atoms with Gasteiger partial charge in [0.1, 0.15) is 0 Å². The first kappa shape index (κ1) is 16.9. The quantitative estimate of drug-likeness (QED) is 0.534. The van der Waals surface area contributed by atoms with Crippen LogP contribution in [0.25, 0.3) is 0 Å². The molecule has 3 heteroatoms. The molecule has 0 aromatic rings. The third kappa shape index (κ3) is 10.7. The fourth-order valence-corrected chi connectivity index (χ4v) is 1.76. The van der Waals surface area contributed by atoms with Gasteiger partial charge in [-0.25, -0.2) is 0 Å². The highest BCUT2D eigenvalue weighted by molar-refractivity contribution is 4.63. The molecule has 0 saturated carbocycles. The summed E-state index contributed by atoms with van der Waals surface area (Å²) in [5.74, 6) is 0. The molecule has 0 heterocycles. The second-order valence-electron chi connectivity index (χ2n) is 4.85. The van der Waals surface area contributed by atoms with Gasteiger partial charge in [0.05, 0.1) is 6.61 Å². The highest BCUT2D eigenvalue weighted by atomic mass is 16.5. The maximum atomic E-state index is 5.50. The zero-order valence-corrected chi connectivity index (χ0v) is 12.3. The van der Waals surface area contributed by atoms with Gasteiger partial charge in [0.25, 0.3) is 0 Å². The van der Waals surface area contributed by atoms with Crippen LogP contribution in [0.4, 0.5) is 0 Å². The van der Waals surface area contributed by atoms with Crippen LogP contribution in [0.1, 0.15) is 47.0 Å². The third-order valence-corrected chi connectivity index (χ3v) is 2.88. The highest BCUT2D eigenvalue weighted by Crippen LogP contribution is 1.98. The number of nitrogens with zero attached hydrogens (tertiary/aromatic N) is 1. The Hall–Kier alpha value is -0.120. The zero-order valence-electron chi connectivity index (χ0n) is 12.3. The molecular weight excluding hydrogens is 212 g/mol. The standard InChI is InChI=1S/C14H32N2O/c1-5-7-12-17-13-9-15-8-11-16(10-6-2)14(3)4/h14-15H,5-13H2,1-4H3. The largest absolute Gasteiger partial charge is 0.380 e. The minimum Gasteiger partial charge on any atom is -0.380 e. The monoisotopic (exact) mass is 244 g/mol. The molecule has 0 aliphatic rings. The number of hydrogen-bond donors (Lipinski definition) is 1. The highest BCUT2D eigenvalue weighted by Gasteiger charge is 2.06. The van der Waals surface area contributed by atoms with E-state index in [0.717, 1.165) is 32.8 Å². The van der Waals surface area contributed by atoms with Crippen LogP contribution in [0.5, 0.6) is 0 Å². The SMILES string of the molecule is CCCCOCCNCCN(CCC)C(C)C. The molecule has 0 spiro atoms. The van der Waals surface area contributed by atoms with E-state index < -0.39 is 0 Å². The van der Waals surface area contributed by atoms with Crippen molar-refractivity contribution in [1.29, 1.82) is 0 Å². The van der Waals surface area contributed by atoms with E-state index in [1.165, 1.54) is 25.8 Å². The molecular formula is C14H32N2O. The fourth-order valence-electron chi connectivity index (χ4n) is 1.76. The van der Waals surface area contributed by atoms with Crippen molar-refractivity contribution >= 4 is 0 Å². The van der Waals surface area contributed by atoms with Gasteiger partial charge in [-0.3, -0.25) is 4.90 Å². The first-order valence-corrected chi connectivity index (χ1v) is 7.24. The van der Waals surface area contributed by atoms with Gasteiger partial charge in [0, 0.05) is 32.3 Å². The molecule has 0 unspecified atom stereocenters. The van der Waals surface area contributed by atoms with Crippen LogP contribution in [-0.2, 0) is 4.74 Å². The number of unbranched alkanes of at least 4 members (excludes halogenated alkanes) is 1. The zero-order chi connectivity index (χ0) is 12.9. The lowest BCUT2D eigenvalue weighted by Crippen LogP contribution is -2.38. The summed E-state index contributed by atoms with van der Waals surface area (Å²) in [6.07, 6.45) is 3.63. The van der Waals surface area contributed by atoms with E-state index in [0.29, 0.717) is 6.04 Å². The lowest BCUT2D eigenvalue weighted by Gasteiger charge is -2.25. The van der Waals surface area contributed by atoms with Gasteiger partial charge >= 0.3 is 0 Å². The molecule has 0 atom stereocenters. The minimum absolute atomic E-state index is 0.651. The van der Waals surface area contributed by atoms with E-state index >= 15 is 0 Å². The van der Waals surface area contributed by atoms with Gasteiger partial charge in [-0.05, 0) is 33.2 Å². The Balaban J connectivity index is 3.30. The predicted molar refractivity (Wildman–Crippen MR) is 75.6 cm³/mol. The van der Waals surface area contributed by atoms with E-state index in [1.807, 2.05) is 0 Å². The van der Waals surface area contributed by atoms with Crippen LogP contribution < -0.4 is 5.32 Å². The predicted octanol–water partition coefficient (Wildman–Crippen LogP) is 2.51. The van der Waals surface area contributed by atoms with E-state index in [-0.39, 0.29) is 0 Å². The summed E-state index contributed by atoms with van der Waals surface area (Å²) in [5, 5.41) is 3.44. The van der Waals surface area contributed by atoms with E-state index in [9.17, 15) is 0 Å². The van der Waals surface area contributed by atoms with Gasteiger partial charge in [-0.1, -0.05) is 20.3 Å². The molecule has 0 radical (unpaired) electrons. The summed E-state index contributed by atoms with van der Waals surface area (Å²) in [6, 6.07) is 0.651. The van der Waals surface area contributed by atoms with Crippen molar-refractivity contribution in [3.63, 3.8) is 0 Å². The molecule has 0 aliphatic carbocycles. The molecule has 0 fully saturated rings. The van der Waals surface area contributed by atoms with Crippen molar-refractivity contribution in [3.8, 4) is 0 Å². The lowest BCUT2D eigenvalue weighted by molar-refractivity contribution is 0.131. The Labute approximate surface area is 108 Å². The van der Waals surface area contributed by atoms with Crippen LogP contribution in [-0.4, -0.2) is 50.3 Å². The second kappa shape index (κ2) is 12.3. The number of ether oxygens (including phenoxy) is 1. The Bertz CT molecular complexity index is 151. The van der Waals surface area contributed by atoms with Gasteiger partial charge in [0.15, 0.2) is 0 Å². The second-order valence-corrected chi connectivity index (χ2v) is 4.85. The molecule has 104 valence electrons. The first-order chi connectivity index (χ1) is 8.22. The minimum atomic E-state index is 0.651. The Morgan fingerprint density at radius 2 is 1.76 bits per heavy atom. The third-order valence-electron chi connectivity index (χ3n) is 2.88. The molecule has 0 saturated heterocycles. The van der Waals surface area contributed by atoms with Crippen molar-refractivity contribution in [2.45, 2.75) is 53.0 Å². The van der Waals surface area contributed by atoms with Crippen LogP contribution in [0.3, 0.4) is 0 Å². The van der Waals surface area contributed by atoms with Gasteiger partial charge in [-0.2, -0.15) is 0 Å². The molecule has 17 heavy (non-hydrogen) atoms. The molecule has 0 aromatic carbocycles. The van der Waals surface area contributed by atoms with E-state index in [4.69, 9.17) is 4.74 Å². The summed E-state index contributed by atoms with van der Waals surface area (Å²) in [6.45, 7) is 15.1. The van der Waals surface area contributed by atoms with Crippen molar-refractivity contribution in [1.82, 2.24) is 10.2 Å². The maximum Gasteiger partial charge on any atom is 0.0590 e. The average molecular weight is 244 g/mol. The number of rotatable bonds is 12. The summed E-state index contributed by atoms with van der Waals surface area (Å²) in [7, 11) is 0. The van der Waals surface area contributed by atoms with Gasteiger partial charge < -0.3 is 10.1 Å². The molecule has 0 amide bonds. The molecule has 0 aliphatic heterocycles. The summed E-state index contributed by atoms with van der Waals surface area (Å²) in [5.41, 5.74) is 0. The van der Waals surface area contributed by atoms with E-state index in [2.05, 4.69) is 37.9 Å². The summed E-state index contributed by atoms with van der Waals surface area (Å²) < 4.78 is 5.50. The molecule has 0 aromatic heterocycles. The summed E-state index contributed by atoms with van der Waals surface area (Å²) >= 11 is 0. The normalized spacial score (nSPS) is 11.6. The van der Waals surface area contributed by atoms with Crippen molar-refractivity contribution in [3.05, 3.63) is 0 Å². The average Bonchev–Trinajstić information content (AvgIpc) is 2.31. The Kier molecular flexibility index (Phi) is 12.3. The lowest BCUT2D eigenvalue weighted by atomic mass is 10.3. The fraction of sp³-hybridized carbons (Fsp3) is 1.00. The van der Waals surface area contributed by atoms with E-state index in [1.54, 1.807) is 0 Å². The molecule has 1 N–H and O–H groups in total. The molecule has 3 nitrogen and oxygen atoms in total. The van der Waals surface area contributed by atoms with Crippen LogP contribution in [0.2, 0.25) is 0 Å².